The molecule has 2 aromatic rings. The minimum atomic E-state index is -1.17. The van der Waals surface area contributed by atoms with Gasteiger partial charge < -0.3 is 10.0 Å². The number of aromatic carboxylic acids is 1. The van der Waals surface area contributed by atoms with Crippen molar-refractivity contribution in [1.29, 1.82) is 0 Å². The molecule has 1 N–H and O–H groups in total. The molecule has 0 bridgehead atoms. The summed E-state index contributed by atoms with van der Waals surface area (Å²) < 4.78 is 1.24. The van der Waals surface area contributed by atoms with E-state index in [-0.39, 0.29) is 30.1 Å². The van der Waals surface area contributed by atoms with Crippen molar-refractivity contribution in [3.8, 4) is 0 Å². The molecular weight excluding hydrogens is 296 g/mol. The van der Waals surface area contributed by atoms with Crippen LogP contribution in [0.2, 0.25) is 0 Å². The fourth-order valence-corrected chi connectivity index (χ4v) is 2.58. The minimum absolute atomic E-state index is 0.0488. The fraction of sp³-hybridized carbons (Fsp3) is 0.375. The van der Waals surface area contributed by atoms with Gasteiger partial charge in [-0.25, -0.2) is 9.48 Å². The lowest BCUT2D eigenvalue weighted by atomic mass is 9.94. The van der Waals surface area contributed by atoms with Crippen LogP contribution in [-0.2, 0) is 11.3 Å². The second-order valence-electron chi connectivity index (χ2n) is 5.71. The molecule has 1 aromatic heterocycles. The van der Waals surface area contributed by atoms with Crippen LogP contribution >= 0.6 is 0 Å². The number of rotatable bonds is 6. The summed E-state index contributed by atoms with van der Waals surface area (Å²) in [6.07, 6.45) is 1.25. The van der Waals surface area contributed by atoms with E-state index in [1.807, 2.05) is 30.3 Å². The average molecular weight is 316 g/mol. The topological polar surface area (TPSA) is 88.3 Å². The fourth-order valence-electron chi connectivity index (χ4n) is 2.58. The van der Waals surface area contributed by atoms with Crippen LogP contribution in [-0.4, -0.2) is 43.9 Å². The molecule has 0 saturated carbocycles. The SMILES string of the molecule is CC(C)C(c1ccccc1)N(C)C(=O)Cn1cc(C(=O)O)nn1. The molecule has 1 unspecified atom stereocenters. The quantitative estimate of drug-likeness (QED) is 0.878. The monoisotopic (exact) mass is 316 g/mol. The summed E-state index contributed by atoms with van der Waals surface area (Å²) in [7, 11) is 1.75. The summed E-state index contributed by atoms with van der Waals surface area (Å²) in [5.74, 6) is -1.09. The van der Waals surface area contributed by atoms with Crippen LogP contribution in [0.4, 0.5) is 0 Å². The first kappa shape index (κ1) is 16.7. The first-order chi connectivity index (χ1) is 10.9. The van der Waals surface area contributed by atoms with Crippen molar-refractivity contribution < 1.29 is 14.7 Å². The zero-order chi connectivity index (χ0) is 17.0. The highest BCUT2D eigenvalue weighted by Crippen LogP contribution is 2.27. The van der Waals surface area contributed by atoms with E-state index in [0.29, 0.717) is 0 Å². The summed E-state index contributed by atoms with van der Waals surface area (Å²) in [6, 6.07) is 9.75. The zero-order valence-corrected chi connectivity index (χ0v) is 13.4. The molecule has 122 valence electrons. The molecule has 1 atom stereocenters. The number of nitrogens with zero attached hydrogens (tertiary/aromatic N) is 4. The number of hydrogen-bond acceptors (Lipinski definition) is 4. The van der Waals surface area contributed by atoms with Crippen LogP contribution in [0.3, 0.4) is 0 Å². The molecule has 0 aliphatic heterocycles. The average Bonchev–Trinajstić information content (AvgIpc) is 2.96. The largest absolute Gasteiger partial charge is 0.476 e. The lowest BCUT2D eigenvalue weighted by Crippen LogP contribution is -2.36. The Morgan fingerprint density at radius 1 is 1.26 bits per heavy atom. The van der Waals surface area contributed by atoms with E-state index in [2.05, 4.69) is 24.2 Å². The van der Waals surface area contributed by atoms with Gasteiger partial charge in [-0.2, -0.15) is 0 Å². The van der Waals surface area contributed by atoms with Gasteiger partial charge in [-0.3, -0.25) is 4.79 Å². The third-order valence-corrected chi connectivity index (χ3v) is 3.64. The molecule has 0 aliphatic rings. The van der Waals surface area contributed by atoms with Gasteiger partial charge in [0, 0.05) is 7.05 Å². The van der Waals surface area contributed by atoms with Gasteiger partial charge in [0.15, 0.2) is 5.69 Å². The number of likely N-dealkylation sites (N-methyl/N-ethyl adjacent to an activating group) is 1. The molecule has 0 spiro atoms. The number of carboxylic acids is 1. The van der Waals surface area contributed by atoms with Crippen LogP contribution in [0.1, 0.15) is 35.9 Å². The number of carbonyl (C=O) groups is 2. The standard InChI is InChI=1S/C16H20N4O3/c1-11(2)15(12-7-5-4-6-8-12)19(3)14(21)10-20-9-13(16(22)23)17-18-20/h4-9,11,15H,10H2,1-3H3,(H,22,23). The van der Waals surface area contributed by atoms with Crippen molar-refractivity contribution in [1.82, 2.24) is 19.9 Å². The Morgan fingerprint density at radius 3 is 2.43 bits per heavy atom. The van der Waals surface area contributed by atoms with Gasteiger partial charge in [-0.05, 0) is 11.5 Å². The van der Waals surface area contributed by atoms with E-state index in [9.17, 15) is 9.59 Å². The second kappa shape index (κ2) is 7.04. The maximum absolute atomic E-state index is 12.5. The summed E-state index contributed by atoms with van der Waals surface area (Å²) in [6.45, 7) is 4.06. The normalized spacial score (nSPS) is 12.2. The molecule has 7 heteroatoms. The summed E-state index contributed by atoms with van der Waals surface area (Å²) >= 11 is 0. The molecular formula is C16H20N4O3. The van der Waals surface area contributed by atoms with Crippen LogP contribution < -0.4 is 0 Å². The Labute approximate surface area is 134 Å². The molecule has 2 rings (SSSR count). The Hall–Kier alpha value is -2.70. The number of hydrogen-bond donors (Lipinski definition) is 1. The molecule has 7 nitrogen and oxygen atoms in total. The summed E-state index contributed by atoms with van der Waals surface area (Å²) in [5, 5.41) is 16.0. The molecule has 0 saturated heterocycles. The van der Waals surface area contributed by atoms with Gasteiger partial charge in [0.2, 0.25) is 5.91 Å². The predicted molar refractivity (Wildman–Crippen MR) is 83.8 cm³/mol. The third-order valence-electron chi connectivity index (χ3n) is 3.64. The minimum Gasteiger partial charge on any atom is -0.476 e. The lowest BCUT2D eigenvalue weighted by molar-refractivity contribution is -0.133. The van der Waals surface area contributed by atoms with Gasteiger partial charge in [-0.1, -0.05) is 49.4 Å². The molecule has 1 heterocycles. The van der Waals surface area contributed by atoms with Crippen molar-refractivity contribution >= 4 is 11.9 Å². The molecule has 0 fully saturated rings. The molecule has 1 amide bonds. The van der Waals surface area contributed by atoms with Crippen molar-refractivity contribution in [3.63, 3.8) is 0 Å². The maximum Gasteiger partial charge on any atom is 0.358 e. The zero-order valence-electron chi connectivity index (χ0n) is 13.4. The van der Waals surface area contributed by atoms with E-state index in [4.69, 9.17) is 5.11 Å². The highest BCUT2D eigenvalue weighted by atomic mass is 16.4. The van der Waals surface area contributed by atoms with Gasteiger partial charge in [0.1, 0.15) is 6.54 Å². The molecule has 23 heavy (non-hydrogen) atoms. The van der Waals surface area contributed by atoms with E-state index in [1.165, 1.54) is 10.9 Å². The van der Waals surface area contributed by atoms with E-state index in [0.717, 1.165) is 5.56 Å². The van der Waals surface area contributed by atoms with Crippen molar-refractivity contribution in [2.45, 2.75) is 26.4 Å². The smallest absolute Gasteiger partial charge is 0.358 e. The number of carboxylic acid groups (broad SMARTS) is 1. The number of carbonyl (C=O) groups excluding carboxylic acids is 1. The van der Waals surface area contributed by atoms with Crippen LogP contribution in [0.5, 0.6) is 0 Å². The predicted octanol–water partition coefficient (Wildman–Crippen LogP) is 1.83. The van der Waals surface area contributed by atoms with E-state index in [1.54, 1.807) is 11.9 Å². The molecule has 0 aliphatic carbocycles. The number of benzene rings is 1. The van der Waals surface area contributed by atoms with Crippen molar-refractivity contribution in [3.05, 3.63) is 47.8 Å². The molecule has 0 radical (unpaired) electrons. The Balaban J connectivity index is 2.14. The summed E-state index contributed by atoms with van der Waals surface area (Å²) in [4.78, 5) is 25.0. The van der Waals surface area contributed by atoms with E-state index >= 15 is 0 Å². The number of amides is 1. The lowest BCUT2D eigenvalue weighted by Gasteiger charge is -2.31. The molecule has 1 aromatic carbocycles. The van der Waals surface area contributed by atoms with Crippen molar-refractivity contribution in [2.24, 2.45) is 5.92 Å². The van der Waals surface area contributed by atoms with Crippen LogP contribution in [0.25, 0.3) is 0 Å². The Kier molecular flexibility index (Phi) is 5.10. The van der Waals surface area contributed by atoms with Gasteiger partial charge >= 0.3 is 5.97 Å². The summed E-state index contributed by atoms with van der Waals surface area (Å²) in [5.41, 5.74) is 0.882. The van der Waals surface area contributed by atoms with Gasteiger partial charge in [0.05, 0.1) is 12.2 Å². The number of aromatic nitrogens is 3. The Bertz CT molecular complexity index is 682. The first-order valence-electron chi connectivity index (χ1n) is 7.34. The maximum atomic E-state index is 12.5. The van der Waals surface area contributed by atoms with Crippen LogP contribution in [0, 0.1) is 5.92 Å². The van der Waals surface area contributed by atoms with Gasteiger partial charge in [0.25, 0.3) is 0 Å². The Morgan fingerprint density at radius 2 is 1.91 bits per heavy atom. The van der Waals surface area contributed by atoms with E-state index < -0.39 is 5.97 Å². The van der Waals surface area contributed by atoms with Gasteiger partial charge in [-0.15, -0.1) is 5.10 Å². The van der Waals surface area contributed by atoms with Crippen molar-refractivity contribution in [2.75, 3.05) is 7.05 Å². The van der Waals surface area contributed by atoms with Crippen LogP contribution in [0.15, 0.2) is 36.5 Å². The second-order valence-corrected chi connectivity index (χ2v) is 5.71. The highest BCUT2D eigenvalue weighted by Gasteiger charge is 2.25. The highest BCUT2D eigenvalue weighted by molar-refractivity contribution is 5.84. The first-order valence-corrected chi connectivity index (χ1v) is 7.34. The third kappa shape index (κ3) is 3.94.